The van der Waals surface area contributed by atoms with Gasteiger partial charge in [-0.05, 0) is 25.3 Å². The maximum absolute atomic E-state index is 12.3. The number of nitrogens with two attached hydrogens (primary N) is 1. The summed E-state index contributed by atoms with van der Waals surface area (Å²) in [4.78, 5) is 28.7. The zero-order chi connectivity index (χ0) is 15.0. The van der Waals surface area contributed by atoms with Gasteiger partial charge >= 0.3 is 0 Å². The molecule has 3 rings (SSSR count). The average Bonchev–Trinajstić information content (AvgIpc) is 2.88. The number of aryl methyl sites for hydroxylation is 1. The van der Waals surface area contributed by atoms with Gasteiger partial charge in [0.1, 0.15) is 11.8 Å². The second-order valence-electron chi connectivity index (χ2n) is 5.99. The molecule has 2 aliphatic rings. The summed E-state index contributed by atoms with van der Waals surface area (Å²) in [7, 11) is 0. The second kappa shape index (κ2) is 5.07. The van der Waals surface area contributed by atoms with Crippen molar-refractivity contribution in [3.05, 3.63) is 35.4 Å². The molecule has 5 heteroatoms. The third-order valence-electron chi connectivity index (χ3n) is 4.35. The Labute approximate surface area is 123 Å². The Morgan fingerprint density at radius 2 is 1.81 bits per heavy atom. The molecule has 1 saturated carbocycles. The number of rotatable bonds is 2. The lowest BCUT2D eigenvalue weighted by Crippen LogP contribution is -2.57. The average molecular weight is 285 g/mol. The van der Waals surface area contributed by atoms with E-state index in [9.17, 15) is 9.59 Å². The van der Waals surface area contributed by atoms with Gasteiger partial charge in [0.2, 0.25) is 5.91 Å². The molecular formula is C16H19N3O2. The van der Waals surface area contributed by atoms with Crippen LogP contribution in [0.1, 0.15) is 42.7 Å². The van der Waals surface area contributed by atoms with Gasteiger partial charge in [-0.25, -0.2) is 0 Å². The van der Waals surface area contributed by atoms with E-state index in [-0.39, 0.29) is 5.91 Å². The minimum atomic E-state index is -0.862. The van der Waals surface area contributed by atoms with Crippen LogP contribution in [0.25, 0.3) is 0 Å². The van der Waals surface area contributed by atoms with E-state index in [4.69, 9.17) is 5.73 Å². The highest BCUT2D eigenvalue weighted by atomic mass is 16.2. The fourth-order valence-electron chi connectivity index (χ4n) is 3.04. The highest BCUT2D eigenvalue weighted by Crippen LogP contribution is 2.30. The minimum Gasteiger partial charge on any atom is -0.319 e. The molecule has 1 fully saturated rings. The van der Waals surface area contributed by atoms with Gasteiger partial charge in [0.05, 0.1) is 5.54 Å². The summed E-state index contributed by atoms with van der Waals surface area (Å²) in [5.74, 6) is -1.27. The number of hydrogen-bond donors (Lipinski definition) is 2. The first-order chi connectivity index (χ1) is 9.99. The highest BCUT2D eigenvalue weighted by Gasteiger charge is 2.42. The fraction of sp³-hybridized carbons (Fsp3) is 0.438. The normalized spacial score (nSPS) is 24.7. The summed E-state index contributed by atoms with van der Waals surface area (Å²) >= 11 is 0. The lowest BCUT2D eigenvalue weighted by molar-refractivity contribution is -0.130. The number of amides is 2. The van der Waals surface area contributed by atoms with Gasteiger partial charge in [0.25, 0.3) is 5.91 Å². The van der Waals surface area contributed by atoms with Gasteiger partial charge in [-0.15, -0.1) is 0 Å². The summed E-state index contributed by atoms with van der Waals surface area (Å²) in [5.41, 5.74) is 7.37. The molecule has 1 unspecified atom stereocenters. The van der Waals surface area contributed by atoms with Gasteiger partial charge in [-0.3, -0.25) is 9.59 Å². The Morgan fingerprint density at radius 1 is 1.19 bits per heavy atom. The van der Waals surface area contributed by atoms with Crippen LogP contribution in [0.2, 0.25) is 0 Å². The molecule has 5 nitrogen and oxygen atoms in total. The topological polar surface area (TPSA) is 84.6 Å². The standard InChI is InChI=1S/C16H19N3O2/c1-10-4-6-11(7-5-10)12-13(20)18-15(19-14(12)21)16(17)8-2-3-9-16/h4-7,12H,2-3,8-9,17H2,1H3,(H,18,19,20,21). The largest absolute Gasteiger partial charge is 0.319 e. The summed E-state index contributed by atoms with van der Waals surface area (Å²) in [5, 5.41) is 2.76. The van der Waals surface area contributed by atoms with Gasteiger partial charge in [0.15, 0.2) is 0 Å². The molecule has 1 aliphatic carbocycles. The third-order valence-corrected chi connectivity index (χ3v) is 4.35. The third kappa shape index (κ3) is 2.49. The Bertz CT molecular complexity index is 613. The van der Waals surface area contributed by atoms with Crippen LogP contribution in [0, 0.1) is 6.92 Å². The first kappa shape index (κ1) is 13.9. The predicted octanol–water partition coefficient (Wildman–Crippen LogP) is 1.41. The van der Waals surface area contributed by atoms with Crippen LogP contribution < -0.4 is 11.1 Å². The Hall–Kier alpha value is -2.01. The molecular weight excluding hydrogens is 266 g/mol. The van der Waals surface area contributed by atoms with Crippen LogP contribution in [0.3, 0.4) is 0 Å². The molecule has 0 radical (unpaired) electrons. The number of carbonyl (C=O) groups excluding carboxylic acids is 2. The van der Waals surface area contributed by atoms with Crippen LogP contribution in [-0.4, -0.2) is 23.2 Å². The van der Waals surface area contributed by atoms with Gasteiger partial charge in [-0.2, -0.15) is 4.99 Å². The van der Waals surface area contributed by atoms with Crippen molar-refractivity contribution in [1.82, 2.24) is 5.32 Å². The molecule has 1 aliphatic heterocycles. The van der Waals surface area contributed by atoms with Crippen molar-refractivity contribution in [3.8, 4) is 0 Å². The van der Waals surface area contributed by atoms with E-state index in [1.54, 1.807) is 12.1 Å². The molecule has 1 aromatic carbocycles. The summed E-state index contributed by atoms with van der Waals surface area (Å²) in [6, 6.07) is 7.37. The molecule has 0 saturated heterocycles. The monoisotopic (exact) mass is 285 g/mol. The Kier molecular flexibility index (Phi) is 3.37. The van der Waals surface area contributed by atoms with Crippen molar-refractivity contribution in [3.63, 3.8) is 0 Å². The van der Waals surface area contributed by atoms with Crippen molar-refractivity contribution >= 4 is 17.6 Å². The van der Waals surface area contributed by atoms with Crippen LogP contribution in [-0.2, 0) is 9.59 Å². The van der Waals surface area contributed by atoms with E-state index < -0.39 is 17.4 Å². The fourth-order valence-corrected chi connectivity index (χ4v) is 3.04. The van der Waals surface area contributed by atoms with E-state index >= 15 is 0 Å². The van der Waals surface area contributed by atoms with E-state index in [1.807, 2.05) is 19.1 Å². The van der Waals surface area contributed by atoms with Crippen LogP contribution in [0.4, 0.5) is 0 Å². The minimum absolute atomic E-state index is 0.328. The first-order valence-electron chi connectivity index (χ1n) is 7.29. The smallest absolute Gasteiger partial charge is 0.264 e. The highest BCUT2D eigenvalue weighted by molar-refractivity contribution is 6.21. The van der Waals surface area contributed by atoms with Crippen LogP contribution in [0.5, 0.6) is 0 Å². The Morgan fingerprint density at radius 3 is 2.38 bits per heavy atom. The first-order valence-corrected chi connectivity index (χ1v) is 7.29. The van der Waals surface area contributed by atoms with Crippen LogP contribution in [0.15, 0.2) is 29.3 Å². The Balaban J connectivity index is 1.90. The number of nitrogens with one attached hydrogen (secondary N) is 1. The van der Waals surface area contributed by atoms with E-state index in [1.165, 1.54) is 0 Å². The number of benzene rings is 1. The molecule has 1 atom stereocenters. The zero-order valence-electron chi connectivity index (χ0n) is 12.1. The van der Waals surface area contributed by atoms with Gasteiger partial charge in [-0.1, -0.05) is 42.7 Å². The van der Waals surface area contributed by atoms with E-state index in [0.717, 1.165) is 31.2 Å². The molecule has 0 spiro atoms. The summed E-state index contributed by atoms with van der Waals surface area (Å²) in [6.07, 6.45) is 3.52. The molecule has 2 amide bonds. The molecule has 21 heavy (non-hydrogen) atoms. The summed E-state index contributed by atoms with van der Waals surface area (Å²) in [6.45, 7) is 1.96. The molecule has 3 N–H and O–H groups in total. The zero-order valence-corrected chi connectivity index (χ0v) is 12.1. The molecule has 1 aromatic rings. The maximum atomic E-state index is 12.3. The van der Waals surface area contributed by atoms with Crippen molar-refractivity contribution in [2.24, 2.45) is 10.7 Å². The lowest BCUT2D eigenvalue weighted by atomic mass is 9.91. The number of amidine groups is 1. The van der Waals surface area contributed by atoms with Crippen molar-refractivity contribution < 1.29 is 9.59 Å². The van der Waals surface area contributed by atoms with Gasteiger partial charge in [0, 0.05) is 0 Å². The van der Waals surface area contributed by atoms with E-state index in [2.05, 4.69) is 10.3 Å². The van der Waals surface area contributed by atoms with Crippen LogP contribution >= 0.6 is 0 Å². The van der Waals surface area contributed by atoms with Crippen molar-refractivity contribution in [2.45, 2.75) is 44.1 Å². The SMILES string of the molecule is Cc1ccc(C2C(=O)N=C(C3(N)CCCC3)NC2=O)cc1. The lowest BCUT2D eigenvalue weighted by Gasteiger charge is -2.30. The molecule has 110 valence electrons. The number of nitrogens with zero attached hydrogens (tertiary/aromatic N) is 1. The summed E-state index contributed by atoms with van der Waals surface area (Å²) < 4.78 is 0. The van der Waals surface area contributed by atoms with Crippen molar-refractivity contribution in [1.29, 1.82) is 0 Å². The van der Waals surface area contributed by atoms with Crippen molar-refractivity contribution in [2.75, 3.05) is 0 Å². The maximum Gasteiger partial charge on any atom is 0.264 e. The number of aliphatic imine (C=N–C) groups is 1. The second-order valence-corrected chi connectivity index (χ2v) is 5.99. The molecule has 1 heterocycles. The molecule has 0 bridgehead atoms. The predicted molar refractivity (Wildman–Crippen MR) is 79.9 cm³/mol. The quantitative estimate of drug-likeness (QED) is 0.806. The number of hydrogen-bond acceptors (Lipinski definition) is 3. The van der Waals surface area contributed by atoms with E-state index in [0.29, 0.717) is 11.4 Å². The number of carbonyl (C=O) groups is 2. The molecule has 0 aromatic heterocycles. The van der Waals surface area contributed by atoms with Gasteiger partial charge < -0.3 is 11.1 Å².